The molecule has 1 aromatic heterocycles. The first-order chi connectivity index (χ1) is 19.2. The first kappa shape index (κ1) is 31.2. The number of rotatable bonds is 3. The molecule has 1 saturated carbocycles. The van der Waals surface area contributed by atoms with Gasteiger partial charge in [-0.05, 0) is 78.3 Å². The molecule has 0 unspecified atom stereocenters. The molecule has 0 spiro atoms. The number of fused-ring (bicyclic) bond motifs is 2. The lowest BCUT2D eigenvalue weighted by Crippen LogP contribution is -2.56. The lowest BCUT2D eigenvalue weighted by atomic mass is 10.0. The number of nitrogens with one attached hydrogen (secondary N) is 2. The van der Waals surface area contributed by atoms with Gasteiger partial charge >= 0.3 is 12.1 Å². The van der Waals surface area contributed by atoms with E-state index in [0.717, 1.165) is 19.3 Å². The molecule has 224 valence electrons. The van der Waals surface area contributed by atoms with Crippen LogP contribution in [-0.2, 0) is 19.1 Å². The average molecular weight is 701 g/mol. The van der Waals surface area contributed by atoms with E-state index in [1.807, 2.05) is 12.2 Å². The second kappa shape index (κ2) is 12.2. The lowest BCUT2D eigenvalue weighted by molar-refractivity contribution is -0.145. The van der Waals surface area contributed by atoms with Gasteiger partial charge in [0.25, 0.3) is 5.56 Å². The van der Waals surface area contributed by atoms with E-state index in [4.69, 9.17) is 4.74 Å². The van der Waals surface area contributed by atoms with Crippen LogP contribution in [0.2, 0.25) is 0 Å². The smallest absolute Gasteiger partial charge is 0.408 e. The van der Waals surface area contributed by atoms with Crippen molar-refractivity contribution in [2.75, 3.05) is 6.54 Å². The standard InChI is InChI=1S/C27H35Br2N5O7/c1-26(2,3)41-25(40)31-18-10-8-6-4-5-7-9-15-12-27(15,24(38)39)32-21(35)19-11-16(14-33(19)22(18)36)34-23(37)20(29)17(28)13-30-34/h7,9,13,15-16,18-19H,4-6,8,10-12,14H2,1-3H3,(H,31,40)(H,32,35)(H,38,39)/b9-7-/t15-,16-,18+,19+,27-/m1/s1. The number of hydrogen-bond donors (Lipinski definition) is 3. The van der Waals surface area contributed by atoms with Gasteiger partial charge in [-0.1, -0.05) is 25.0 Å². The predicted molar refractivity (Wildman–Crippen MR) is 155 cm³/mol. The van der Waals surface area contributed by atoms with Crippen LogP contribution in [0.15, 0.2) is 32.1 Å². The van der Waals surface area contributed by atoms with Gasteiger partial charge in [0.2, 0.25) is 11.8 Å². The second-order valence-corrected chi connectivity index (χ2v) is 13.4. The minimum Gasteiger partial charge on any atom is -0.479 e. The Hall–Kier alpha value is -2.74. The summed E-state index contributed by atoms with van der Waals surface area (Å²) in [5, 5.41) is 19.6. The summed E-state index contributed by atoms with van der Waals surface area (Å²) in [4.78, 5) is 67.0. The molecule has 2 aliphatic heterocycles. The van der Waals surface area contributed by atoms with Crippen LogP contribution in [0.3, 0.4) is 0 Å². The van der Waals surface area contributed by atoms with Gasteiger partial charge in [-0.2, -0.15) is 5.10 Å². The molecular formula is C27H35Br2N5O7. The number of aromatic nitrogens is 2. The Morgan fingerprint density at radius 2 is 1.93 bits per heavy atom. The first-order valence-electron chi connectivity index (χ1n) is 13.7. The van der Waals surface area contributed by atoms with Crippen molar-refractivity contribution in [1.29, 1.82) is 0 Å². The summed E-state index contributed by atoms with van der Waals surface area (Å²) in [5.74, 6) is -2.64. The molecule has 14 heteroatoms. The Kier molecular flexibility index (Phi) is 9.32. The van der Waals surface area contributed by atoms with E-state index < -0.39 is 58.7 Å². The number of carboxylic acids is 1. The third-order valence-corrected chi connectivity index (χ3v) is 9.47. The van der Waals surface area contributed by atoms with Crippen molar-refractivity contribution in [2.24, 2.45) is 5.92 Å². The summed E-state index contributed by atoms with van der Waals surface area (Å²) in [7, 11) is 0. The van der Waals surface area contributed by atoms with E-state index in [0.29, 0.717) is 17.3 Å². The number of alkyl carbamates (subject to hydrolysis) is 1. The molecule has 1 aromatic rings. The molecule has 4 rings (SSSR count). The van der Waals surface area contributed by atoms with Crippen molar-refractivity contribution in [3.05, 3.63) is 37.6 Å². The molecule has 0 radical (unpaired) electrons. The maximum atomic E-state index is 14.0. The van der Waals surface area contributed by atoms with Gasteiger partial charge in [0, 0.05) is 18.9 Å². The van der Waals surface area contributed by atoms with Gasteiger partial charge in [-0.15, -0.1) is 0 Å². The van der Waals surface area contributed by atoms with E-state index in [9.17, 15) is 29.1 Å². The minimum atomic E-state index is -1.45. The molecule has 5 atom stereocenters. The van der Waals surface area contributed by atoms with Crippen LogP contribution >= 0.6 is 31.9 Å². The molecule has 3 N–H and O–H groups in total. The molecule has 0 bridgehead atoms. The summed E-state index contributed by atoms with van der Waals surface area (Å²) >= 11 is 6.50. The minimum absolute atomic E-state index is 0.0339. The Balaban J connectivity index is 1.69. The Morgan fingerprint density at radius 1 is 1.20 bits per heavy atom. The van der Waals surface area contributed by atoms with E-state index in [1.54, 1.807) is 20.8 Å². The molecule has 1 saturated heterocycles. The monoisotopic (exact) mass is 699 g/mol. The van der Waals surface area contributed by atoms with Crippen LogP contribution in [0.25, 0.3) is 0 Å². The van der Waals surface area contributed by atoms with Crippen molar-refractivity contribution in [2.45, 2.75) is 95.0 Å². The van der Waals surface area contributed by atoms with Crippen LogP contribution in [0.5, 0.6) is 0 Å². The van der Waals surface area contributed by atoms with Gasteiger partial charge in [-0.25, -0.2) is 14.3 Å². The number of allylic oxidation sites excluding steroid dienone is 1. The summed E-state index contributed by atoms with van der Waals surface area (Å²) in [6.07, 6.45) is 8.04. The summed E-state index contributed by atoms with van der Waals surface area (Å²) < 4.78 is 7.31. The van der Waals surface area contributed by atoms with Gasteiger partial charge in [0.1, 0.15) is 27.7 Å². The van der Waals surface area contributed by atoms with Gasteiger partial charge in [-0.3, -0.25) is 14.4 Å². The number of ether oxygens (including phenoxy) is 1. The van der Waals surface area contributed by atoms with Crippen molar-refractivity contribution in [3.63, 3.8) is 0 Å². The van der Waals surface area contributed by atoms with E-state index >= 15 is 0 Å². The van der Waals surface area contributed by atoms with Crippen molar-refractivity contribution < 1.29 is 29.0 Å². The highest BCUT2D eigenvalue weighted by atomic mass is 79.9. The second-order valence-electron chi connectivity index (χ2n) is 11.8. The molecule has 0 aromatic carbocycles. The van der Waals surface area contributed by atoms with Gasteiger partial charge in [0.15, 0.2) is 0 Å². The van der Waals surface area contributed by atoms with E-state index in [1.165, 1.54) is 15.8 Å². The topological polar surface area (TPSA) is 160 Å². The van der Waals surface area contributed by atoms with Gasteiger partial charge in [0.05, 0.1) is 16.7 Å². The predicted octanol–water partition coefficient (Wildman–Crippen LogP) is 3.28. The van der Waals surface area contributed by atoms with Crippen molar-refractivity contribution in [3.8, 4) is 0 Å². The molecule has 3 amide bonds. The van der Waals surface area contributed by atoms with Crippen LogP contribution < -0.4 is 16.2 Å². The quantitative estimate of drug-likeness (QED) is 0.405. The van der Waals surface area contributed by atoms with Crippen LogP contribution in [0, 0.1) is 5.92 Å². The van der Waals surface area contributed by atoms with Crippen LogP contribution in [0.1, 0.15) is 71.8 Å². The number of carbonyl (C=O) groups is 4. The maximum absolute atomic E-state index is 14.0. The number of carbonyl (C=O) groups excluding carboxylic acids is 3. The molecule has 1 aliphatic carbocycles. The fourth-order valence-corrected chi connectivity index (χ4v) is 5.93. The van der Waals surface area contributed by atoms with E-state index in [-0.39, 0.29) is 29.8 Å². The highest BCUT2D eigenvalue weighted by Crippen LogP contribution is 2.45. The fourth-order valence-electron chi connectivity index (χ4n) is 5.39. The Labute approximate surface area is 254 Å². The molecule has 3 heterocycles. The largest absolute Gasteiger partial charge is 0.479 e. The molecule has 41 heavy (non-hydrogen) atoms. The number of hydrogen-bond acceptors (Lipinski definition) is 7. The molecule has 2 fully saturated rings. The average Bonchev–Trinajstić information content (AvgIpc) is 3.40. The first-order valence-corrected chi connectivity index (χ1v) is 15.3. The third kappa shape index (κ3) is 7.02. The molecule has 12 nitrogen and oxygen atoms in total. The molecular weight excluding hydrogens is 666 g/mol. The SMILES string of the molecule is CC(C)(C)OC(=O)N[C@H]1CCCCC/C=C\[C@@H]2C[C@@]2(C(=O)O)NC(=O)[C@@H]2C[C@@H](n3ncc(Br)c(Br)c3=O)CN2C1=O. The number of carboxylic acid groups (broad SMARTS) is 1. The Morgan fingerprint density at radius 3 is 2.61 bits per heavy atom. The maximum Gasteiger partial charge on any atom is 0.408 e. The number of nitrogens with zero attached hydrogens (tertiary/aromatic N) is 3. The zero-order valence-electron chi connectivity index (χ0n) is 23.2. The van der Waals surface area contributed by atoms with E-state index in [2.05, 4.69) is 47.6 Å². The van der Waals surface area contributed by atoms with Crippen LogP contribution in [-0.4, -0.2) is 73.4 Å². The number of amides is 3. The normalized spacial score (nSPS) is 29.7. The fraction of sp³-hybridized carbons (Fsp3) is 0.630. The van der Waals surface area contributed by atoms with Crippen molar-refractivity contribution >= 4 is 55.7 Å². The summed E-state index contributed by atoms with van der Waals surface area (Å²) in [5.41, 5.74) is -2.68. The third-order valence-electron chi connectivity index (χ3n) is 7.58. The zero-order valence-corrected chi connectivity index (χ0v) is 26.4. The van der Waals surface area contributed by atoms with Crippen LogP contribution in [0.4, 0.5) is 4.79 Å². The number of halogens is 2. The number of aliphatic carboxylic acids is 1. The summed E-state index contributed by atoms with van der Waals surface area (Å²) in [6, 6.07) is -2.73. The highest BCUT2D eigenvalue weighted by Gasteiger charge is 2.61. The Bertz CT molecular complexity index is 1310. The molecule has 3 aliphatic rings. The highest BCUT2D eigenvalue weighted by molar-refractivity contribution is 9.13. The lowest BCUT2D eigenvalue weighted by Gasteiger charge is -2.30. The zero-order chi connectivity index (χ0) is 30.1. The van der Waals surface area contributed by atoms with Crippen molar-refractivity contribution in [1.82, 2.24) is 25.3 Å². The van der Waals surface area contributed by atoms with Gasteiger partial charge < -0.3 is 25.4 Å². The summed E-state index contributed by atoms with van der Waals surface area (Å²) in [6.45, 7) is 5.12.